The molecule has 0 aromatic rings. The summed E-state index contributed by atoms with van der Waals surface area (Å²) < 4.78 is 34.4. The Morgan fingerprint density at radius 1 is 1.47 bits per heavy atom. The van der Waals surface area contributed by atoms with Crippen LogP contribution in [0.15, 0.2) is 0 Å². The summed E-state index contributed by atoms with van der Waals surface area (Å²) in [6.45, 7) is 3.99. The van der Waals surface area contributed by atoms with Crippen LogP contribution in [0.25, 0.3) is 0 Å². The van der Waals surface area contributed by atoms with Gasteiger partial charge in [-0.2, -0.15) is 17.4 Å². The molecule has 2 N–H and O–H groups in total. The number of hydrogen-bond donors (Lipinski definition) is 2. The molecule has 2 atom stereocenters. The van der Waals surface area contributed by atoms with E-state index in [0.717, 1.165) is 25.7 Å². The second-order valence-corrected chi connectivity index (χ2v) is 7.54. The van der Waals surface area contributed by atoms with Crippen LogP contribution in [-0.2, 0) is 14.9 Å². The van der Waals surface area contributed by atoms with Crippen LogP contribution >= 0.6 is 0 Å². The fourth-order valence-corrected chi connectivity index (χ4v) is 4.47. The van der Waals surface area contributed by atoms with E-state index in [0.29, 0.717) is 26.3 Å². The molecule has 2 aliphatic heterocycles. The first-order valence-electron chi connectivity index (χ1n) is 6.93. The molecule has 0 spiro atoms. The minimum absolute atomic E-state index is 0.0480. The lowest BCUT2D eigenvalue weighted by atomic mass is 9.97. The second-order valence-electron chi connectivity index (χ2n) is 5.87. The molecule has 2 saturated heterocycles. The second kappa shape index (κ2) is 6.05. The topological polar surface area (TPSA) is 78.9 Å². The van der Waals surface area contributed by atoms with Gasteiger partial charge in [0.15, 0.2) is 0 Å². The number of piperidine rings is 1. The Balaban J connectivity index is 2.01. The van der Waals surface area contributed by atoms with E-state index in [4.69, 9.17) is 4.74 Å². The smallest absolute Gasteiger partial charge is 0.280 e. The number of rotatable bonds is 4. The van der Waals surface area contributed by atoms with Crippen LogP contribution in [0.2, 0.25) is 0 Å². The van der Waals surface area contributed by atoms with E-state index < -0.39 is 15.7 Å². The number of hydrogen-bond acceptors (Lipinski definition) is 4. The molecule has 0 radical (unpaired) electrons. The highest BCUT2D eigenvalue weighted by Crippen LogP contribution is 2.23. The molecule has 0 saturated carbocycles. The summed E-state index contributed by atoms with van der Waals surface area (Å²) in [5, 5.41) is 9.18. The molecule has 2 rings (SSSR count). The van der Waals surface area contributed by atoms with Crippen molar-refractivity contribution in [2.75, 3.05) is 32.9 Å². The number of ether oxygens (including phenoxy) is 1. The zero-order valence-corrected chi connectivity index (χ0v) is 12.3. The lowest BCUT2D eigenvalue weighted by molar-refractivity contribution is 0.0375. The summed E-state index contributed by atoms with van der Waals surface area (Å²) in [7, 11) is -3.49. The van der Waals surface area contributed by atoms with Gasteiger partial charge >= 0.3 is 0 Å². The van der Waals surface area contributed by atoms with Crippen molar-refractivity contribution in [2.45, 2.75) is 38.1 Å². The quantitative estimate of drug-likeness (QED) is 0.770. The minimum Gasteiger partial charge on any atom is -0.396 e. The third-order valence-electron chi connectivity index (χ3n) is 3.89. The lowest BCUT2D eigenvalue weighted by Crippen LogP contribution is -2.57. The van der Waals surface area contributed by atoms with Gasteiger partial charge in [-0.25, -0.2) is 0 Å². The lowest BCUT2D eigenvalue weighted by Gasteiger charge is -2.38. The summed E-state index contributed by atoms with van der Waals surface area (Å²) in [5.41, 5.74) is -0.511. The highest BCUT2D eigenvalue weighted by Gasteiger charge is 2.36. The summed E-state index contributed by atoms with van der Waals surface area (Å²) >= 11 is 0. The van der Waals surface area contributed by atoms with Crippen molar-refractivity contribution < 1.29 is 18.3 Å². The van der Waals surface area contributed by atoms with Gasteiger partial charge < -0.3 is 9.84 Å². The third-order valence-corrected chi connectivity index (χ3v) is 5.66. The zero-order valence-electron chi connectivity index (χ0n) is 11.5. The Bertz CT molecular complexity index is 393. The molecule has 2 fully saturated rings. The largest absolute Gasteiger partial charge is 0.396 e. The monoisotopic (exact) mass is 292 g/mol. The normalized spacial score (nSPS) is 34.3. The Hall–Kier alpha value is -0.210. The van der Waals surface area contributed by atoms with Gasteiger partial charge in [0, 0.05) is 26.3 Å². The maximum atomic E-state index is 12.4. The first-order valence-corrected chi connectivity index (χ1v) is 8.37. The standard InChI is InChI=1S/C12H24N2O4S/c1-12(5-3-7-18-10-12)13-19(16,17)14-6-2-4-11(8-14)9-15/h11,13,15H,2-10H2,1H3. The fraction of sp³-hybridized carbons (Fsp3) is 1.00. The minimum atomic E-state index is -3.49. The highest BCUT2D eigenvalue weighted by molar-refractivity contribution is 7.87. The molecular formula is C12H24N2O4S. The SMILES string of the molecule is CC1(NS(=O)(=O)N2CCCC(CO)C2)CCCOC1. The average molecular weight is 292 g/mol. The van der Waals surface area contributed by atoms with Crippen molar-refractivity contribution in [2.24, 2.45) is 5.92 Å². The Morgan fingerprint density at radius 3 is 2.89 bits per heavy atom. The molecule has 0 amide bonds. The molecule has 0 bridgehead atoms. The summed E-state index contributed by atoms with van der Waals surface area (Å²) in [6.07, 6.45) is 3.37. The van der Waals surface area contributed by atoms with E-state index in [2.05, 4.69) is 4.72 Å². The molecule has 19 heavy (non-hydrogen) atoms. The zero-order chi connectivity index (χ0) is 13.9. The van der Waals surface area contributed by atoms with Gasteiger partial charge in [-0.1, -0.05) is 0 Å². The molecule has 2 aliphatic rings. The molecule has 2 heterocycles. The van der Waals surface area contributed by atoms with Gasteiger partial charge in [0.1, 0.15) is 0 Å². The summed E-state index contributed by atoms with van der Waals surface area (Å²) in [4.78, 5) is 0. The fourth-order valence-electron chi connectivity index (χ4n) is 2.78. The predicted molar refractivity (Wildman–Crippen MR) is 71.9 cm³/mol. The van der Waals surface area contributed by atoms with Gasteiger partial charge in [0.2, 0.25) is 0 Å². The Morgan fingerprint density at radius 2 is 2.26 bits per heavy atom. The van der Waals surface area contributed by atoms with Crippen molar-refractivity contribution in [1.29, 1.82) is 0 Å². The molecule has 7 heteroatoms. The number of aliphatic hydroxyl groups excluding tert-OH is 1. The predicted octanol–water partition coefficient (Wildman–Crippen LogP) is 0.0942. The Kier molecular flexibility index (Phi) is 4.84. The van der Waals surface area contributed by atoms with Crippen LogP contribution < -0.4 is 4.72 Å². The van der Waals surface area contributed by atoms with Crippen molar-refractivity contribution in [1.82, 2.24) is 9.03 Å². The van der Waals surface area contributed by atoms with E-state index in [1.165, 1.54) is 4.31 Å². The highest BCUT2D eigenvalue weighted by atomic mass is 32.2. The first kappa shape index (κ1) is 15.2. The first-order chi connectivity index (χ1) is 8.95. The summed E-state index contributed by atoms with van der Waals surface area (Å²) in [6, 6.07) is 0. The van der Waals surface area contributed by atoms with Gasteiger partial charge in [-0.15, -0.1) is 0 Å². The number of nitrogens with zero attached hydrogens (tertiary/aromatic N) is 1. The van der Waals surface area contributed by atoms with Crippen molar-refractivity contribution >= 4 is 10.2 Å². The molecular weight excluding hydrogens is 268 g/mol. The molecule has 2 unspecified atom stereocenters. The molecule has 0 aliphatic carbocycles. The van der Waals surface area contributed by atoms with E-state index in [1.807, 2.05) is 6.92 Å². The van der Waals surface area contributed by atoms with Crippen LogP contribution in [0.1, 0.15) is 32.6 Å². The van der Waals surface area contributed by atoms with Crippen molar-refractivity contribution in [3.05, 3.63) is 0 Å². The van der Waals surface area contributed by atoms with Crippen molar-refractivity contribution in [3.63, 3.8) is 0 Å². The van der Waals surface area contributed by atoms with Gasteiger partial charge in [0.05, 0.1) is 12.1 Å². The summed E-state index contributed by atoms with van der Waals surface area (Å²) in [5.74, 6) is 0.0562. The van der Waals surface area contributed by atoms with E-state index in [-0.39, 0.29) is 12.5 Å². The molecule has 6 nitrogen and oxygen atoms in total. The Labute approximate surface area is 115 Å². The number of aliphatic hydroxyl groups is 1. The van der Waals surface area contributed by atoms with Crippen LogP contribution in [0.5, 0.6) is 0 Å². The van der Waals surface area contributed by atoms with Crippen LogP contribution in [0.4, 0.5) is 0 Å². The molecule has 0 aromatic heterocycles. The van der Waals surface area contributed by atoms with Crippen molar-refractivity contribution in [3.8, 4) is 0 Å². The molecule has 112 valence electrons. The van der Waals surface area contributed by atoms with Crippen LogP contribution in [0.3, 0.4) is 0 Å². The van der Waals surface area contributed by atoms with Gasteiger partial charge in [0.25, 0.3) is 10.2 Å². The molecule has 0 aromatic carbocycles. The van der Waals surface area contributed by atoms with E-state index >= 15 is 0 Å². The van der Waals surface area contributed by atoms with Crippen LogP contribution in [-0.4, -0.2) is 56.3 Å². The third kappa shape index (κ3) is 3.88. The van der Waals surface area contributed by atoms with Gasteiger partial charge in [-0.05, 0) is 38.5 Å². The average Bonchev–Trinajstić information content (AvgIpc) is 2.38. The number of nitrogens with one attached hydrogen (secondary N) is 1. The van der Waals surface area contributed by atoms with Gasteiger partial charge in [-0.3, -0.25) is 0 Å². The van der Waals surface area contributed by atoms with Crippen LogP contribution in [0, 0.1) is 5.92 Å². The maximum absolute atomic E-state index is 12.4. The van der Waals surface area contributed by atoms with E-state index in [9.17, 15) is 13.5 Å². The maximum Gasteiger partial charge on any atom is 0.280 e. The van der Waals surface area contributed by atoms with E-state index in [1.54, 1.807) is 0 Å².